The fraction of sp³-hybridized carbons (Fsp3) is 0.500. The molecule has 1 saturated heterocycles. The van der Waals surface area contributed by atoms with Gasteiger partial charge in [-0.3, -0.25) is 9.59 Å². The average molecular weight is 326 g/mol. The highest BCUT2D eigenvalue weighted by atomic mass is 35.5. The Kier molecular flexibility index (Phi) is 5.66. The van der Waals surface area contributed by atoms with Gasteiger partial charge in [0, 0.05) is 24.5 Å². The first-order chi connectivity index (χ1) is 10.5. The molecule has 120 valence electrons. The second kappa shape index (κ2) is 7.49. The van der Waals surface area contributed by atoms with Gasteiger partial charge in [0.05, 0.1) is 12.7 Å². The van der Waals surface area contributed by atoms with Crippen molar-refractivity contribution in [1.29, 1.82) is 0 Å². The molecule has 1 aromatic rings. The summed E-state index contributed by atoms with van der Waals surface area (Å²) in [4.78, 5) is 25.3. The Morgan fingerprint density at radius 2 is 2.14 bits per heavy atom. The molecule has 0 radical (unpaired) electrons. The number of amides is 1. The van der Waals surface area contributed by atoms with Crippen LogP contribution in [0.15, 0.2) is 18.2 Å². The molecule has 1 unspecified atom stereocenters. The zero-order chi connectivity index (χ0) is 16.1. The first-order valence-corrected chi connectivity index (χ1v) is 7.73. The van der Waals surface area contributed by atoms with Gasteiger partial charge in [0.2, 0.25) is 0 Å². The summed E-state index contributed by atoms with van der Waals surface area (Å²) in [5.74, 6) is -0.256. The third-order valence-electron chi connectivity index (χ3n) is 3.99. The summed E-state index contributed by atoms with van der Waals surface area (Å²) in [6.07, 6.45) is 2.53. The molecule has 0 saturated carbocycles. The van der Waals surface area contributed by atoms with Gasteiger partial charge in [0.15, 0.2) is 0 Å². The Hall–Kier alpha value is -1.75. The molecule has 1 N–H and O–H groups in total. The van der Waals surface area contributed by atoms with Crippen molar-refractivity contribution >= 4 is 23.5 Å². The number of nitrogens with zero attached hydrogens (tertiary/aromatic N) is 1. The Morgan fingerprint density at radius 1 is 1.36 bits per heavy atom. The second-order valence-corrected chi connectivity index (χ2v) is 5.97. The van der Waals surface area contributed by atoms with Gasteiger partial charge in [0.1, 0.15) is 5.75 Å². The topological polar surface area (TPSA) is 66.8 Å². The number of halogens is 1. The van der Waals surface area contributed by atoms with Crippen LogP contribution in [0.5, 0.6) is 5.75 Å². The maximum absolute atomic E-state index is 12.7. The van der Waals surface area contributed by atoms with Crippen LogP contribution < -0.4 is 4.74 Å². The van der Waals surface area contributed by atoms with Crippen molar-refractivity contribution in [3.63, 3.8) is 0 Å². The number of likely N-dealkylation sites (tertiary alicyclic amines) is 1. The summed E-state index contributed by atoms with van der Waals surface area (Å²) in [5.41, 5.74) is 0.451. The molecule has 6 heteroatoms. The zero-order valence-electron chi connectivity index (χ0n) is 12.5. The van der Waals surface area contributed by atoms with Gasteiger partial charge < -0.3 is 14.7 Å². The molecule has 1 aliphatic heterocycles. The molecule has 1 fully saturated rings. The molecule has 1 amide bonds. The fourth-order valence-electron chi connectivity index (χ4n) is 2.84. The van der Waals surface area contributed by atoms with E-state index in [-0.39, 0.29) is 18.2 Å². The van der Waals surface area contributed by atoms with Crippen molar-refractivity contribution in [1.82, 2.24) is 4.90 Å². The van der Waals surface area contributed by atoms with E-state index in [2.05, 4.69) is 0 Å². The molecule has 2 rings (SSSR count). The number of aliphatic carboxylic acids is 1. The van der Waals surface area contributed by atoms with Gasteiger partial charge >= 0.3 is 5.97 Å². The van der Waals surface area contributed by atoms with Crippen molar-refractivity contribution < 1.29 is 19.4 Å². The Labute approximate surface area is 134 Å². The van der Waals surface area contributed by atoms with Crippen LogP contribution in [0, 0.1) is 5.92 Å². The van der Waals surface area contributed by atoms with E-state index < -0.39 is 5.97 Å². The van der Waals surface area contributed by atoms with Gasteiger partial charge in [-0.05, 0) is 43.4 Å². The highest BCUT2D eigenvalue weighted by molar-refractivity contribution is 6.31. The van der Waals surface area contributed by atoms with Gasteiger partial charge in [-0.25, -0.2) is 0 Å². The summed E-state index contributed by atoms with van der Waals surface area (Å²) < 4.78 is 5.23. The molecular formula is C16H20ClNO4. The minimum Gasteiger partial charge on any atom is -0.496 e. The molecule has 1 aromatic carbocycles. The highest BCUT2D eigenvalue weighted by Crippen LogP contribution is 2.26. The molecule has 0 bridgehead atoms. The van der Waals surface area contributed by atoms with Crippen LogP contribution in [0.1, 0.15) is 36.0 Å². The van der Waals surface area contributed by atoms with E-state index in [9.17, 15) is 9.59 Å². The fourth-order valence-corrected chi connectivity index (χ4v) is 3.01. The van der Waals surface area contributed by atoms with Crippen LogP contribution in [0.2, 0.25) is 5.02 Å². The van der Waals surface area contributed by atoms with Crippen molar-refractivity contribution in [3.8, 4) is 5.75 Å². The first kappa shape index (κ1) is 16.6. The number of carbonyl (C=O) groups is 2. The number of hydrogen-bond acceptors (Lipinski definition) is 3. The number of carboxylic acids is 1. The van der Waals surface area contributed by atoms with E-state index in [0.717, 1.165) is 12.8 Å². The van der Waals surface area contributed by atoms with Gasteiger partial charge in [-0.1, -0.05) is 11.6 Å². The van der Waals surface area contributed by atoms with E-state index >= 15 is 0 Å². The largest absolute Gasteiger partial charge is 0.496 e. The Morgan fingerprint density at radius 3 is 2.82 bits per heavy atom. The van der Waals surface area contributed by atoms with Crippen LogP contribution in [-0.4, -0.2) is 42.1 Å². The molecule has 0 aromatic heterocycles. The predicted molar refractivity (Wildman–Crippen MR) is 83.5 cm³/mol. The molecule has 5 nitrogen and oxygen atoms in total. The Bertz CT molecular complexity index is 561. The summed E-state index contributed by atoms with van der Waals surface area (Å²) in [6, 6.07) is 4.98. The van der Waals surface area contributed by atoms with E-state index in [0.29, 0.717) is 35.8 Å². The third kappa shape index (κ3) is 4.13. The van der Waals surface area contributed by atoms with Crippen molar-refractivity contribution in [2.24, 2.45) is 5.92 Å². The van der Waals surface area contributed by atoms with Gasteiger partial charge in [0.25, 0.3) is 5.91 Å². The molecule has 1 atom stereocenters. The number of ether oxygens (including phenoxy) is 1. The van der Waals surface area contributed by atoms with Crippen LogP contribution in [0.3, 0.4) is 0 Å². The van der Waals surface area contributed by atoms with E-state index in [1.165, 1.54) is 7.11 Å². The standard InChI is InChI=1S/C16H20ClNO4/c1-22-14-5-4-12(17)10-13(14)16(21)18-7-2-3-11(6-8-18)9-15(19)20/h4-5,10-11H,2-3,6-9H2,1H3,(H,19,20). The Balaban J connectivity index is 2.10. The van der Waals surface area contributed by atoms with E-state index in [1.807, 2.05) is 0 Å². The molecule has 1 aliphatic rings. The number of carbonyl (C=O) groups excluding carboxylic acids is 1. The lowest BCUT2D eigenvalue weighted by molar-refractivity contribution is -0.138. The summed E-state index contributed by atoms with van der Waals surface area (Å²) in [7, 11) is 1.52. The lowest BCUT2D eigenvalue weighted by Crippen LogP contribution is -2.32. The lowest BCUT2D eigenvalue weighted by atomic mass is 9.97. The highest BCUT2D eigenvalue weighted by Gasteiger charge is 2.24. The number of methoxy groups -OCH3 is 1. The van der Waals surface area contributed by atoms with Gasteiger partial charge in [-0.2, -0.15) is 0 Å². The molecular weight excluding hydrogens is 306 g/mol. The van der Waals surface area contributed by atoms with E-state index in [1.54, 1.807) is 23.1 Å². The number of carboxylic acid groups (broad SMARTS) is 1. The third-order valence-corrected chi connectivity index (χ3v) is 4.23. The minimum atomic E-state index is -0.777. The number of rotatable bonds is 4. The van der Waals surface area contributed by atoms with Crippen LogP contribution in [-0.2, 0) is 4.79 Å². The smallest absolute Gasteiger partial charge is 0.303 e. The monoisotopic (exact) mass is 325 g/mol. The lowest BCUT2D eigenvalue weighted by Gasteiger charge is -2.22. The first-order valence-electron chi connectivity index (χ1n) is 7.36. The molecule has 0 spiro atoms. The van der Waals surface area contributed by atoms with Crippen molar-refractivity contribution in [2.45, 2.75) is 25.7 Å². The summed E-state index contributed by atoms with van der Waals surface area (Å²) in [6.45, 7) is 1.19. The van der Waals surface area contributed by atoms with Gasteiger partial charge in [-0.15, -0.1) is 0 Å². The normalized spacial score (nSPS) is 18.6. The molecule has 0 aliphatic carbocycles. The van der Waals surface area contributed by atoms with Crippen molar-refractivity contribution in [2.75, 3.05) is 20.2 Å². The summed E-state index contributed by atoms with van der Waals surface area (Å²) in [5, 5.41) is 9.39. The zero-order valence-corrected chi connectivity index (χ0v) is 13.3. The molecule has 22 heavy (non-hydrogen) atoms. The second-order valence-electron chi connectivity index (χ2n) is 5.53. The molecule has 1 heterocycles. The number of benzene rings is 1. The van der Waals surface area contributed by atoms with Crippen LogP contribution in [0.25, 0.3) is 0 Å². The van der Waals surface area contributed by atoms with Crippen LogP contribution in [0.4, 0.5) is 0 Å². The summed E-state index contributed by atoms with van der Waals surface area (Å²) >= 11 is 5.98. The van der Waals surface area contributed by atoms with Crippen LogP contribution >= 0.6 is 11.6 Å². The number of hydrogen-bond donors (Lipinski definition) is 1. The predicted octanol–water partition coefficient (Wildman–Crippen LogP) is 3.07. The quantitative estimate of drug-likeness (QED) is 0.923. The SMILES string of the molecule is COc1ccc(Cl)cc1C(=O)N1CCCC(CC(=O)O)CC1. The maximum Gasteiger partial charge on any atom is 0.303 e. The van der Waals surface area contributed by atoms with Crippen molar-refractivity contribution in [3.05, 3.63) is 28.8 Å². The average Bonchev–Trinajstić information content (AvgIpc) is 2.71. The van der Waals surface area contributed by atoms with E-state index in [4.69, 9.17) is 21.4 Å². The minimum absolute atomic E-state index is 0.115. The maximum atomic E-state index is 12.7.